The summed E-state index contributed by atoms with van der Waals surface area (Å²) in [4.78, 5) is 19.9. The van der Waals surface area contributed by atoms with Crippen LogP contribution in [0.4, 0.5) is 5.69 Å². The van der Waals surface area contributed by atoms with Gasteiger partial charge in [-0.05, 0) is 36.8 Å². The summed E-state index contributed by atoms with van der Waals surface area (Å²) in [6.45, 7) is 3.96. The number of para-hydroxylation sites is 2. The van der Waals surface area contributed by atoms with Crippen molar-refractivity contribution in [2.75, 3.05) is 11.4 Å². The molecular formula is C33H46BrN3O. The van der Waals surface area contributed by atoms with Crippen LogP contribution in [0, 0.1) is 0 Å². The zero-order valence-electron chi connectivity index (χ0n) is 23.3. The first-order chi connectivity index (χ1) is 18.7. The number of benzene rings is 2. The Morgan fingerprint density at radius 3 is 2.11 bits per heavy atom. The second-order valence-electron chi connectivity index (χ2n) is 11.1. The Bertz CT molecular complexity index is 1140. The van der Waals surface area contributed by atoms with Crippen LogP contribution in [-0.2, 0) is 11.3 Å². The normalized spacial score (nSPS) is 15.7. The van der Waals surface area contributed by atoms with Crippen LogP contribution >= 0.6 is 15.9 Å². The minimum Gasteiger partial charge on any atom is -0.328 e. The van der Waals surface area contributed by atoms with Crippen molar-refractivity contribution < 1.29 is 4.79 Å². The molecule has 5 heteroatoms. The molecule has 1 unspecified atom stereocenters. The first kappa shape index (κ1) is 28.9. The first-order valence-electron chi connectivity index (χ1n) is 15.2. The van der Waals surface area contributed by atoms with E-state index in [0.717, 1.165) is 28.0 Å². The van der Waals surface area contributed by atoms with Crippen molar-refractivity contribution in [2.45, 2.75) is 116 Å². The van der Waals surface area contributed by atoms with Crippen molar-refractivity contribution in [3.63, 3.8) is 0 Å². The summed E-state index contributed by atoms with van der Waals surface area (Å²) in [5.41, 5.74) is 3.20. The van der Waals surface area contributed by atoms with E-state index >= 15 is 0 Å². The molecule has 2 aromatic carbocycles. The molecule has 1 aliphatic heterocycles. The average molecular weight is 581 g/mol. The highest BCUT2D eigenvalue weighted by Crippen LogP contribution is 2.34. The quantitative estimate of drug-likeness (QED) is 0.149. The van der Waals surface area contributed by atoms with Gasteiger partial charge in [0.05, 0.1) is 11.0 Å². The molecule has 206 valence electrons. The fourth-order valence-corrected chi connectivity index (χ4v) is 6.27. The zero-order chi connectivity index (χ0) is 26.6. The van der Waals surface area contributed by atoms with Crippen LogP contribution in [0.15, 0.2) is 53.0 Å². The third kappa shape index (κ3) is 8.18. The predicted octanol–water partition coefficient (Wildman–Crippen LogP) is 9.80. The minimum absolute atomic E-state index is 0.125. The van der Waals surface area contributed by atoms with Crippen molar-refractivity contribution in [2.24, 2.45) is 0 Å². The highest BCUT2D eigenvalue weighted by atomic mass is 79.9. The Kier molecular flexibility index (Phi) is 11.7. The van der Waals surface area contributed by atoms with Crippen LogP contribution in [0.25, 0.3) is 11.0 Å². The van der Waals surface area contributed by atoms with Crippen LogP contribution in [0.5, 0.6) is 0 Å². The molecule has 1 saturated heterocycles. The number of halogens is 1. The van der Waals surface area contributed by atoms with E-state index in [0.29, 0.717) is 13.0 Å². The number of amides is 1. The van der Waals surface area contributed by atoms with Crippen LogP contribution < -0.4 is 4.90 Å². The smallest absolute Gasteiger partial charge is 0.227 e. The van der Waals surface area contributed by atoms with Crippen molar-refractivity contribution in [1.29, 1.82) is 0 Å². The van der Waals surface area contributed by atoms with Crippen LogP contribution in [0.2, 0.25) is 0 Å². The van der Waals surface area contributed by atoms with Crippen LogP contribution in [-0.4, -0.2) is 22.0 Å². The molecule has 1 fully saturated rings. The Morgan fingerprint density at radius 1 is 0.816 bits per heavy atom. The lowest BCUT2D eigenvalue weighted by Crippen LogP contribution is -2.24. The van der Waals surface area contributed by atoms with Gasteiger partial charge in [0.25, 0.3) is 0 Å². The van der Waals surface area contributed by atoms with Gasteiger partial charge in [-0.3, -0.25) is 4.79 Å². The SMILES string of the molecule is CCCCCCCCCCCCCCCCn1c(C2CC(=O)N(c3cccc(Br)c3)C2)nc2ccccc21. The summed E-state index contributed by atoms with van der Waals surface area (Å²) in [5.74, 6) is 1.38. The first-order valence-corrected chi connectivity index (χ1v) is 16.0. The third-order valence-corrected chi connectivity index (χ3v) is 8.52. The molecule has 2 heterocycles. The Hall–Kier alpha value is -2.14. The zero-order valence-corrected chi connectivity index (χ0v) is 24.9. The van der Waals surface area contributed by atoms with Gasteiger partial charge >= 0.3 is 0 Å². The second-order valence-corrected chi connectivity index (χ2v) is 12.0. The van der Waals surface area contributed by atoms with E-state index in [1.165, 1.54) is 95.4 Å². The summed E-state index contributed by atoms with van der Waals surface area (Å²) in [7, 11) is 0. The van der Waals surface area contributed by atoms with Gasteiger partial charge in [0, 0.05) is 35.6 Å². The molecular weight excluding hydrogens is 534 g/mol. The van der Waals surface area contributed by atoms with E-state index in [2.05, 4.69) is 51.7 Å². The molecule has 0 aliphatic carbocycles. The van der Waals surface area contributed by atoms with Crippen LogP contribution in [0.1, 0.15) is 115 Å². The number of aromatic nitrogens is 2. The van der Waals surface area contributed by atoms with E-state index in [9.17, 15) is 4.79 Å². The molecule has 38 heavy (non-hydrogen) atoms. The monoisotopic (exact) mass is 579 g/mol. The van der Waals surface area contributed by atoms with Crippen molar-refractivity contribution in [3.8, 4) is 0 Å². The molecule has 4 nitrogen and oxygen atoms in total. The van der Waals surface area contributed by atoms with Crippen molar-refractivity contribution in [3.05, 3.63) is 58.8 Å². The topological polar surface area (TPSA) is 38.1 Å². The van der Waals surface area contributed by atoms with Gasteiger partial charge in [0.1, 0.15) is 5.82 Å². The number of rotatable bonds is 17. The maximum absolute atomic E-state index is 13.0. The van der Waals surface area contributed by atoms with E-state index in [1.54, 1.807) is 0 Å². The molecule has 1 amide bonds. The third-order valence-electron chi connectivity index (χ3n) is 8.03. The molecule has 1 atom stereocenters. The fourth-order valence-electron chi connectivity index (χ4n) is 5.88. The molecule has 3 aromatic rings. The highest BCUT2D eigenvalue weighted by Gasteiger charge is 2.34. The second kappa shape index (κ2) is 15.5. The van der Waals surface area contributed by atoms with Gasteiger partial charge < -0.3 is 9.47 Å². The Morgan fingerprint density at radius 2 is 1.45 bits per heavy atom. The largest absolute Gasteiger partial charge is 0.328 e. The van der Waals surface area contributed by atoms with E-state index in [1.807, 2.05) is 29.2 Å². The summed E-state index contributed by atoms with van der Waals surface area (Å²) in [6.07, 6.45) is 19.7. The van der Waals surface area contributed by atoms with E-state index in [4.69, 9.17) is 4.98 Å². The molecule has 0 spiro atoms. The standard InChI is InChI=1S/C33H46BrN3O/c1-2-3-4-5-6-7-8-9-10-11-12-13-14-17-23-36-31-22-16-15-21-30(31)35-33(36)27-24-32(38)37(26-27)29-20-18-19-28(34)25-29/h15-16,18-22,25,27H,2-14,17,23-24,26H2,1H3. The number of hydrogen-bond acceptors (Lipinski definition) is 2. The number of carbonyl (C=O) groups is 1. The summed E-state index contributed by atoms with van der Waals surface area (Å²) < 4.78 is 3.40. The van der Waals surface area contributed by atoms with Gasteiger partial charge in [-0.1, -0.05) is 125 Å². The number of carbonyl (C=O) groups excluding carboxylic acids is 1. The van der Waals surface area contributed by atoms with Crippen molar-refractivity contribution >= 4 is 38.6 Å². The number of unbranched alkanes of at least 4 members (excludes halogenated alkanes) is 13. The van der Waals surface area contributed by atoms with Gasteiger partial charge in [-0.15, -0.1) is 0 Å². The highest BCUT2D eigenvalue weighted by molar-refractivity contribution is 9.10. The lowest BCUT2D eigenvalue weighted by Gasteiger charge is -2.18. The molecule has 0 radical (unpaired) electrons. The lowest BCUT2D eigenvalue weighted by molar-refractivity contribution is -0.117. The fraction of sp³-hybridized carbons (Fsp3) is 0.576. The maximum atomic E-state index is 13.0. The number of aryl methyl sites for hydroxylation is 1. The number of fused-ring (bicyclic) bond motifs is 1. The van der Waals surface area contributed by atoms with Gasteiger partial charge in [0.2, 0.25) is 5.91 Å². The number of anilines is 1. The summed E-state index contributed by atoms with van der Waals surface area (Å²) in [5, 5.41) is 0. The van der Waals surface area contributed by atoms with E-state index in [-0.39, 0.29) is 11.8 Å². The van der Waals surface area contributed by atoms with Gasteiger partial charge in [-0.25, -0.2) is 4.98 Å². The van der Waals surface area contributed by atoms with Gasteiger partial charge in [0.15, 0.2) is 0 Å². The maximum Gasteiger partial charge on any atom is 0.227 e. The predicted molar refractivity (Wildman–Crippen MR) is 164 cm³/mol. The minimum atomic E-state index is 0.125. The molecule has 0 saturated carbocycles. The molecule has 4 rings (SSSR count). The number of imidazole rings is 1. The Labute approximate surface area is 238 Å². The van der Waals surface area contributed by atoms with E-state index < -0.39 is 0 Å². The Balaban J connectivity index is 1.22. The van der Waals surface area contributed by atoms with Crippen molar-refractivity contribution in [1.82, 2.24) is 9.55 Å². The molecule has 1 aromatic heterocycles. The number of hydrogen-bond donors (Lipinski definition) is 0. The van der Waals surface area contributed by atoms with Crippen LogP contribution in [0.3, 0.4) is 0 Å². The summed E-state index contributed by atoms with van der Waals surface area (Å²) >= 11 is 3.54. The molecule has 0 bridgehead atoms. The molecule has 1 aliphatic rings. The molecule has 0 N–H and O–H groups in total. The van der Waals surface area contributed by atoms with Gasteiger partial charge in [-0.2, -0.15) is 0 Å². The average Bonchev–Trinajstić information content (AvgIpc) is 3.49. The summed E-state index contributed by atoms with van der Waals surface area (Å²) in [6, 6.07) is 16.5. The number of nitrogens with zero attached hydrogens (tertiary/aromatic N) is 3. The lowest BCUT2D eigenvalue weighted by atomic mass is 10.0.